The Morgan fingerprint density at radius 3 is 1.40 bits per heavy atom. The third-order valence-corrected chi connectivity index (χ3v) is 0. The van der Waals surface area contributed by atoms with Gasteiger partial charge in [0.25, 0.3) is 0 Å². The molecular formula is H4O4Ti. The Morgan fingerprint density at radius 1 is 1.40 bits per heavy atom. The molecule has 0 heterocycles. The zero-order chi connectivity index (χ0) is 3.58. The number of hydrogen-bond donors (Lipinski definition) is 2. The van der Waals surface area contributed by atoms with Crippen molar-refractivity contribution in [3.63, 3.8) is 0 Å². The first-order valence-electron chi connectivity index (χ1n) is 0.651. The van der Waals surface area contributed by atoms with Crippen LogP contribution in [0.4, 0.5) is 0 Å². The molecule has 4 nitrogen and oxygen atoms in total. The summed E-state index contributed by atoms with van der Waals surface area (Å²) in [5.41, 5.74) is 0. The molecule has 0 aliphatic carbocycles. The Morgan fingerprint density at radius 2 is 1.40 bits per heavy atom. The second-order valence-corrected chi connectivity index (χ2v) is 1.17. The van der Waals surface area contributed by atoms with Crippen LogP contribution >= 0.6 is 0 Å². The molecule has 0 aromatic rings. The molecule has 0 atom stereocenters. The first kappa shape index (κ1) is 9.04. The molecule has 0 aliphatic heterocycles. The van der Waals surface area contributed by atoms with Crippen LogP contribution in [0.2, 0.25) is 0 Å². The maximum atomic E-state index is 8.81. The van der Waals surface area contributed by atoms with Crippen molar-refractivity contribution in [1.82, 2.24) is 0 Å². The van der Waals surface area contributed by atoms with Gasteiger partial charge in [-0.1, -0.05) is 0 Å². The first-order valence-corrected chi connectivity index (χ1v) is 2.69. The average Bonchev–Trinajstić information content (AvgIpc) is 0.811. The molecule has 4 N–H and O–H groups in total. The third-order valence-electron chi connectivity index (χ3n) is 0. The van der Waals surface area contributed by atoms with Gasteiger partial charge in [0.15, 0.2) is 0 Å². The van der Waals surface area contributed by atoms with Crippen molar-refractivity contribution < 1.29 is 34.8 Å². The summed E-state index contributed by atoms with van der Waals surface area (Å²) in [6.07, 6.45) is 0. The predicted octanol–water partition coefficient (Wildman–Crippen LogP) is -2.06. The minimum atomic E-state index is -3.58. The van der Waals surface area contributed by atoms with E-state index in [1.54, 1.807) is 0 Å². The molecule has 32 valence electrons. The number of hydrogen-bond acceptors (Lipinski definition) is 1. The van der Waals surface area contributed by atoms with E-state index in [1.807, 2.05) is 0 Å². The van der Waals surface area contributed by atoms with Crippen molar-refractivity contribution in [2.45, 2.75) is 0 Å². The Balaban J connectivity index is 0. The molecule has 0 saturated carbocycles. The molecule has 0 radical (unpaired) electrons. The Kier molecular flexibility index (Phi) is 7.95. The van der Waals surface area contributed by atoms with Gasteiger partial charge in [0, 0.05) is 0 Å². The van der Waals surface area contributed by atoms with Gasteiger partial charge < -0.3 is 5.48 Å². The SMILES string of the molecule is O.[O]=[Ti]([OH])[OH]. The molecule has 0 saturated heterocycles. The van der Waals surface area contributed by atoms with E-state index in [0.29, 0.717) is 0 Å². The summed E-state index contributed by atoms with van der Waals surface area (Å²) >= 11 is -3.58. The van der Waals surface area contributed by atoms with E-state index in [0.717, 1.165) is 0 Å². The van der Waals surface area contributed by atoms with Crippen molar-refractivity contribution in [2.24, 2.45) is 0 Å². The second kappa shape index (κ2) is 4.39. The fourth-order valence-corrected chi connectivity index (χ4v) is 0. The molecule has 0 fully saturated rings. The van der Waals surface area contributed by atoms with Gasteiger partial charge in [0.2, 0.25) is 0 Å². The topological polar surface area (TPSA) is 89.0 Å². The van der Waals surface area contributed by atoms with Crippen LogP contribution in [0.15, 0.2) is 0 Å². The summed E-state index contributed by atoms with van der Waals surface area (Å²) in [6.45, 7) is 0. The van der Waals surface area contributed by atoms with Crippen LogP contribution in [0.3, 0.4) is 0 Å². The van der Waals surface area contributed by atoms with Gasteiger partial charge in [0.1, 0.15) is 0 Å². The van der Waals surface area contributed by atoms with E-state index in [-0.39, 0.29) is 5.48 Å². The van der Waals surface area contributed by atoms with Crippen molar-refractivity contribution in [3.8, 4) is 0 Å². The van der Waals surface area contributed by atoms with Gasteiger partial charge in [-0.15, -0.1) is 0 Å². The van der Waals surface area contributed by atoms with Crippen LogP contribution in [0.1, 0.15) is 0 Å². The summed E-state index contributed by atoms with van der Waals surface area (Å²) in [5, 5.41) is 0. The van der Waals surface area contributed by atoms with Crippen molar-refractivity contribution in [1.29, 1.82) is 0 Å². The summed E-state index contributed by atoms with van der Waals surface area (Å²) < 4.78 is 23.2. The van der Waals surface area contributed by atoms with Crippen molar-refractivity contribution in [3.05, 3.63) is 0 Å². The molecular weight excluding hydrogens is 112 g/mol. The van der Waals surface area contributed by atoms with E-state index in [2.05, 4.69) is 0 Å². The summed E-state index contributed by atoms with van der Waals surface area (Å²) in [7, 11) is 0. The van der Waals surface area contributed by atoms with E-state index in [9.17, 15) is 0 Å². The Hall–Kier alpha value is 0.394. The van der Waals surface area contributed by atoms with Crippen molar-refractivity contribution in [2.75, 3.05) is 0 Å². The molecule has 0 unspecified atom stereocenters. The zero-order valence-corrected chi connectivity index (χ0v) is 3.86. The normalized spacial score (nSPS) is 5.20. The van der Waals surface area contributed by atoms with Gasteiger partial charge in [-0.3, -0.25) is 0 Å². The molecule has 0 rings (SSSR count). The van der Waals surface area contributed by atoms with E-state index in [4.69, 9.17) is 10.7 Å². The summed E-state index contributed by atoms with van der Waals surface area (Å²) in [6, 6.07) is 0. The second-order valence-electron chi connectivity index (χ2n) is 0.283. The molecule has 5 heteroatoms. The maximum absolute atomic E-state index is 8.81. The average molecular weight is 116 g/mol. The number of rotatable bonds is 0. The van der Waals surface area contributed by atoms with Gasteiger partial charge in [0.05, 0.1) is 0 Å². The molecule has 0 aromatic heterocycles. The summed E-state index contributed by atoms with van der Waals surface area (Å²) in [4.78, 5) is 0. The Bertz CT molecular complexity index is 26.6. The van der Waals surface area contributed by atoms with Crippen molar-refractivity contribution >= 4 is 0 Å². The summed E-state index contributed by atoms with van der Waals surface area (Å²) in [5.74, 6) is 0. The van der Waals surface area contributed by atoms with Crippen LogP contribution in [-0.4, -0.2) is 12.9 Å². The third kappa shape index (κ3) is 162. The minimum absolute atomic E-state index is 0. The molecule has 0 aliphatic rings. The van der Waals surface area contributed by atoms with Crippen LogP contribution in [-0.2, 0) is 21.9 Å². The fourth-order valence-electron chi connectivity index (χ4n) is 0. The Labute approximate surface area is 35.5 Å². The predicted molar refractivity (Wildman–Crippen MR) is 8.74 cm³/mol. The standard InChI is InChI=1S/3H2O.O.Ti/h3*1H2;;/q;;;;+2/p-2. The van der Waals surface area contributed by atoms with E-state index < -0.39 is 18.6 Å². The van der Waals surface area contributed by atoms with Crippen LogP contribution < -0.4 is 0 Å². The molecule has 5 heavy (non-hydrogen) atoms. The van der Waals surface area contributed by atoms with E-state index in [1.165, 1.54) is 0 Å². The van der Waals surface area contributed by atoms with Crippen LogP contribution in [0.5, 0.6) is 0 Å². The quantitative estimate of drug-likeness (QED) is 0.356. The van der Waals surface area contributed by atoms with Crippen LogP contribution in [0.25, 0.3) is 0 Å². The van der Waals surface area contributed by atoms with Crippen LogP contribution in [0, 0.1) is 0 Å². The van der Waals surface area contributed by atoms with Gasteiger partial charge in [-0.2, -0.15) is 0 Å². The monoisotopic (exact) mass is 116 g/mol. The van der Waals surface area contributed by atoms with E-state index >= 15 is 0 Å². The fraction of sp³-hybridized carbons (Fsp3) is 0. The van der Waals surface area contributed by atoms with Gasteiger partial charge >= 0.3 is 29.3 Å². The van der Waals surface area contributed by atoms with Gasteiger partial charge in [-0.05, 0) is 0 Å². The van der Waals surface area contributed by atoms with Gasteiger partial charge in [-0.25, -0.2) is 0 Å². The molecule has 0 spiro atoms. The molecule has 0 aromatic carbocycles. The molecule has 0 amide bonds. The first-order chi connectivity index (χ1) is 1.73. The molecule has 0 bridgehead atoms. The zero-order valence-electron chi connectivity index (χ0n) is 2.30.